The number of carbonyl (C=O) groups is 1. The lowest BCUT2D eigenvalue weighted by Crippen LogP contribution is -2.39. The van der Waals surface area contributed by atoms with E-state index >= 15 is 0 Å². The van der Waals surface area contributed by atoms with Gasteiger partial charge in [0.2, 0.25) is 0 Å². The van der Waals surface area contributed by atoms with Gasteiger partial charge in [0.05, 0.1) is 18.2 Å². The minimum absolute atomic E-state index is 0.0228. The molecule has 0 aliphatic carbocycles. The van der Waals surface area contributed by atoms with Crippen molar-refractivity contribution in [3.05, 3.63) is 23.9 Å². The molecular formula is C13H19N3O2. The Morgan fingerprint density at radius 1 is 1.61 bits per heavy atom. The van der Waals surface area contributed by atoms with Crippen molar-refractivity contribution in [2.45, 2.75) is 19.4 Å². The Labute approximate surface area is 107 Å². The third-order valence-electron chi connectivity index (χ3n) is 3.60. The molecule has 18 heavy (non-hydrogen) atoms. The van der Waals surface area contributed by atoms with Crippen molar-refractivity contribution >= 4 is 11.7 Å². The van der Waals surface area contributed by atoms with Crippen LogP contribution < -0.4 is 5.32 Å². The fourth-order valence-electron chi connectivity index (χ4n) is 2.37. The van der Waals surface area contributed by atoms with Gasteiger partial charge in [-0.25, -0.2) is 4.98 Å². The summed E-state index contributed by atoms with van der Waals surface area (Å²) in [5.74, 6) is 1.04. The molecule has 2 atom stereocenters. The van der Waals surface area contributed by atoms with E-state index in [0.717, 1.165) is 12.2 Å². The number of pyridine rings is 1. The predicted octanol–water partition coefficient (Wildman–Crippen LogP) is 0.966. The van der Waals surface area contributed by atoms with Gasteiger partial charge in [-0.1, -0.05) is 6.92 Å². The van der Waals surface area contributed by atoms with E-state index in [-0.39, 0.29) is 18.6 Å². The van der Waals surface area contributed by atoms with Gasteiger partial charge in [-0.2, -0.15) is 0 Å². The second-order valence-electron chi connectivity index (χ2n) is 4.70. The molecule has 5 nitrogen and oxygen atoms in total. The molecular weight excluding hydrogens is 230 g/mol. The molecule has 2 N–H and O–H groups in total. The van der Waals surface area contributed by atoms with Gasteiger partial charge in [-0.15, -0.1) is 0 Å². The Morgan fingerprint density at radius 2 is 2.39 bits per heavy atom. The zero-order valence-corrected chi connectivity index (χ0v) is 10.8. The molecule has 1 amide bonds. The normalized spacial score (nSPS) is 23.2. The summed E-state index contributed by atoms with van der Waals surface area (Å²) in [6.07, 6.45) is 2.52. The summed E-state index contributed by atoms with van der Waals surface area (Å²) in [5.41, 5.74) is 0.571. The second kappa shape index (κ2) is 5.35. The molecule has 1 aliphatic heterocycles. The number of carbonyl (C=O) groups excluding carboxylic acids is 1. The summed E-state index contributed by atoms with van der Waals surface area (Å²) in [5, 5.41) is 12.3. The van der Waals surface area contributed by atoms with E-state index in [2.05, 4.69) is 17.2 Å². The molecule has 0 aromatic carbocycles. The van der Waals surface area contributed by atoms with Crippen LogP contribution >= 0.6 is 0 Å². The molecule has 1 saturated heterocycles. The van der Waals surface area contributed by atoms with E-state index < -0.39 is 0 Å². The average Bonchev–Trinajstić information content (AvgIpc) is 2.79. The van der Waals surface area contributed by atoms with Crippen LogP contribution in [0.15, 0.2) is 18.3 Å². The van der Waals surface area contributed by atoms with Crippen LogP contribution in [0, 0.1) is 5.92 Å². The number of anilines is 1. The van der Waals surface area contributed by atoms with Gasteiger partial charge < -0.3 is 15.3 Å². The summed E-state index contributed by atoms with van der Waals surface area (Å²) in [7, 11) is 1.79. The Kier molecular flexibility index (Phi) is 3.81. The van der Waals surface area contributed by atoms with Crippen LogP contribution in [0.25, 0.3) is 0 Å². The SMILES string of the molecule is CNc1ccc(C(=O)N2CCC(C)C2CO)cn1. The van der Waals surface area contributed by atoms with Crippen molar-refractivity contribution < 1.29 is 9.90 Å². The molecule has 0 spiro atoms. The quantitative estimate of drug-likeness (QED) is 0.837. The maximum atomic E-state index is 12.3. The minimum Gasteiger partial charge on any atom is -0.394 e. The number of aromatic nitrogens is 1. The van der Waals surface area contributed by atoms with E-state index in [4.69, 9.17) is 0 Å². The van der Waals surface area contributed by atoms with Gasteiger partial charge in [0.1, 0.15) is 5.82 Å². The molecule has 2 rings (SSSR count). The summed E-state index contributed by atoms with van der Waals surface area (Å²) >= 11 is 0. The van der Waals surface area contributed by atoms with Crippen LogP contribution in [-0.2, 0) is 0 Å². The zero-order valence-electron chi connectivity index (χ0n) is 10.8. The summed E-state index contributed by atoms with van der Waals surface area (Å²) in [6, 6.07) is 3.47. The molecule has 0 bridgehead atoms. The highest BCUT2D eigenvalue weighted by Crippen LogP contribution is 2.25. The van der Waals surface area contributed by atoms with E-state index in [1.165, 1.54) is 0 Å². The third-order valence-corrected chi connectivity index (χ3v) is 3.60. The monoisotopic (exact) mass is 249 g/mol. The smallest absolute Gasteiger partial charge is 0.255 e. The fourth-order valence-corrected chi connectivity index (χ4v) is 2.37. The second-order valence-corrected chi connectivity index (χ2v) is 4.70. The number of nitrogens with zero attached hydrogens (tertiary/aromatic N) is 2. The zero-order chi connectivity index (χ0) is 13.1. The van der Waals surface area contributed by atoms with Gasteiger partial charge in [-0.3, -0.25) is 4.79 Å². The van der Waals surface area contributed by atoms with Crippen molar-refractivity contribution in [1.29, 1.82) is 0 Å². The predicted molar refractivity (Wildman–Crippen MR) is 69.5 cm³/mol. The van der Waals surface area contributed by atoms with Crippen molar-refractivity contribution in [2.75, 3.05) is 25.5 Å². The van der Waals surface area contributed by atoms with Crippen LogP contribution in [0.3, 0.4) is 0 Å². The van der Waals surface area contributed by atoms with Gasteiger partial charge >= 0.3 is 0 Å². The molecule has 1 aromatic rings. The van der Waals surface area contributed by atoms with E-state index in [1.807, 2.05) is 0 Å². The number of rotatable bonds is 3. The van der Waals surface area contributed by atoms with Gasteiger partial charge in [0.15, 0.2) is 0 Å². The number of hydrogen-bond donors (Lipinski definition) is 2. The molecule has 1 aliphatic rings. The fraction of sp³-hybridized carbons (Fsp3) is 0.538. The van der Waals surface area contributed by atoms with Crippen molar-refractivity contribution in [2.24, 2.45) is 5.92 Å². The first kappa shape index (κ1) is 12.8. The maximum absolute atomic E-state index is 12.3. The van der Waals surface area contributed by atoms with Gasteiger partial charge in [0.25, 0.3) is 5.91 Å². The average molecular weight is 249 g/mol. The first-order chi connectivity index (χ1) is 8.67. The number of amides is 1. The highest BCUT2D eigenvalue weighted by molar-refractivity contribution is 5.94. The molecule has 0 radical (unpaired) electrons. The standard InChI is InChI=1S/C13H19N3O2/c1-9-5-6-16(11(9)8-17)13(18)10-3-4-12(14-2)15-7-10/h3-4,7,9,11,17H,5-6,8H2,1-2H3,(H,14,15). The van der Waals surface area contributed by atoms with Crippen LogP contribution in [0.4, 0.5) is 5.82 Å². The van der Waals surface area contributed by atoms with E-state index in [1.54, 1.807) is 30.3 Å². The molecule has 0 saturated carbocycles. The number of likely N-dealkylation sites (tertiary alicyclic amines) is 1. The van der Waals surface area contributed by atoms with Crippen molar-refractivity contribution in [1.82, 2.24) is 9.88 Å². The molecule has 1 fully saturated rings. The lowest BCUT2D eigenvalue weighted by molar-refractivity contribution is 0.0648. The first-order valence-electron chi connectivity index (χ1n) is 6.23. The lowest BCUT2D eigenvalue weighted by Gasteiger charge is -2.25. The van der Waals surface area contributed by atoms with Crippen molar-refractivity contribution in [3.63, 3.8) is 0 Å². The third kappa shape index (κ3) is 2.31. The summed E-state index contributed by atoms with van der Waals surface area (Å²) in [6.45, 7) is 2.80. The van der Waals surface area contributed by atoms with Crippen molar-refractivity contribution in [3.8, 4) is 0 Å². The number of aliphatic hydroxyl groups is 1. The van der Waals surface area contributed by atoms with Crippen LogP contribution in [0.1, 0.15) is 23.7 Å². The Bertz CT molecular complexity index is 419. The first-order valence-corrected chi connectivity index (χ1v) is 6.23. The van der Waals surface area contributed by atoms with Crippen LogP contribution in [0.2, 0.25) is 0 Å². The molecule has 2 unspecified atom stereocenters. The van der Waals surface area contributed by atoms with Crippen LogP contribution in [-0.4, -0.2) is 47.1 Å². The lowest BCUT2D eigenvalue weighted by atomic mass is 10.0. The largest absolute Gasteiger partial charge is 0.394 e. The van der Waals surface area contributed by atoms with Crippen LogP contribution in [0.5, 0.6) is 0 Å². The van der Waals surface area contributed by atoms with Gasteiger partial charge in [-0.05, 0) is 24.5 Å². The Morgan fingerprint density at radius 3 is 2.94 bits per heavy atom. The van der Waals surface area contributed by atoms with E-state index in [0.29, 0.717) is 18.0 Å². The number of nitrogens with one attached hydrogen (secondary N) is 1. The Hall–Kier alpha value is -1.62. The summed E-state index contributed by atoms with van der Waals surface area (Å²) in [4.78, 5) is 18.2. The Balaban J connectivity index is 2.15. The highest BCUT2D eigenvalue weighted by atomic mass is 16.3. The molecule has 5 heteroatoms. The topological polar surface area (TPSA) is 65.5 Å². The maximum Gasteiger partial charge on any atom is 0.255 e. The number of hydrogen-bond acceptors (Lipinski definition) is 4. The summed E-state index contributed by atoms with van der Waals surface area (Å²) < 4.78 is 0. The van der Waals surface area contributed by atoms with Gasteiger partial charge in [0, 0.05) is 19.8 Å². The molecule has 98 valence electrons. The number of aliphatic hydroxyl groups excluding tert-OH is 1. The minimum atomic E-state index is -0.0681. The molecule has 1 aromatic heterocycles. The molecule has 2 heterocycles. The van der Waals surface area contributed by atoms with E-state index in [9.17, 15) is 9.90 Å². The highest BCUT2D eigenvalue weighted by Gasteiger charge is 2.34.